The summed E-state index contributed by atoms with van der Waals surface area (Å²) in [5, 5.41) is 0. The maximum atomic E-state index is 12.8. The van der Waals surface area contributed by atoms with Crippen molar-refractivity contribution in [3.8, 4) is 5.75 Å². The van der Waals surface area contributed by atoms with Crippen LogP contribution in [0.2, 0.25) is 0 Å². The van der Waals surface area contributed by atoms with E-state index in [-0.39, 0.29) is 23.8 Å². The second-order valence-electron chi connectivity index (χ2n) is 8.67. The van der Waals surface area contributed by atoms with Gasteiger partial charge in [0.05, 0.1) is 26.1 Å². The number of hydrogen-bond acceptors (Lipinski definition) is 5. The van der Waals surface area contributed by atoms with E-state index in [2.05, 4.69) is 0 Å². The highest BCUT2D eigenvalue weighted by Gasteiger charge is 2.35. The summed E-state index contributed by atoms with van der Waals surface area (Å²) >= 11 is 0. The van der Waals surface area contributed by atoms with Crippen molar-refractivity contribution in [1.29, 1.82) is 0 Å². The lowest BCUT2D eigenvalue weighted by atomic mass is 9.99. The summed E-state index contributed by atoms with van der Waals surface area (Å²) in [5.74, 6) is 2.22. The van der Waals surface area contributed by atoms with Crippen molar-refractivity contribution in [3.05, 3.63) is 46.9 Å². The van der Waals surface area contributed by atoms with Gasteiger partial charge in [-0.2, -0.15) is 0 Å². The number of anilines is 1. The molecule has 2 aliphatic heterocycles. The largest absolute Gasteiger partial charge is 0.497 e. The molecule has 2 amide bonds. The number of carbonyl (C=O) groups is 2. The Kier molecular flexibility index (Phi) is 5.94. The number of nitrogens with zero attached hydrogens (tertiary/aromatic N) is 4. The zero-order chi connectivity index (χ0) is 22.1. The number of fused-ring (bicyclic) bond motifs is 1. The van der Waals surface area contributed by atoms with Gasteiger partial charge in [0.15, 0.2) is 5.82 Å². The lowest BCUT2D eigenvalue weighted by Gasteiger charge is -2.36. The maximum absolute atomic E-state index is 12.8. The van der Waals surface area contributed by atoms with Crippen molar-refractivity contribution in [1.82, 2.24) is 14.9 Å². The topological polar surface area (TPSA) is 75.6 Å². The van der Waals surface area contributed by atoms with Gasteiger partial charge in [-0.1, -0.05) is 26.0 Å². The molecule has 31 heavy (non-hydrogen) atoms. The summed E-state index contributed by atoms with van der Waals surface area (Å²) in [6, 6.07) is 7.58. The Morgan fingerprint density at radius 3 is 2.61 bits per heavy atom. The van der Waals surface area contributed by atoms with E-state index in [0.717, 1.165) is 48.4 Å². The van der Waals surface area contributed by atoms with Crippen LogP contribution in [-0.4, -0.2) is 40.3 Å². The molecule has 4 rings (SSSR count). The summed E-state index contributed by atoms with van der Waals surface area (Å²) in [6.07, 6.45) is 3.21. The third kappa shape index (κ3) is 4.13. The molecule has 1 saturated heterocycles. The first-order valence-electron chi connectivity index (χ1n) is 11.0. The van der Waals surface area contributed by atoms with Gasteiger partial charge in [-0.3, -0.25) is 14.5 Å². The minimum Gasteiger partial charge on any atom is -0.497 e. The summed E-state index contributed by atoms with van der Waals surface area (Å²) in [7, 11) is 1.63. The molecule has 0 radical (unpaired) electrons. The highest BCUT2D eigenvalue weighted by atomic mass is 16.5. The normalized spacial score (nSPS) is 18.5. The molecule has 2 aromatic rings. The Labute approximate surface area is 183 Å². The van der Waals surface area contributed by atoms with Gasteiger partial charge in [0.1, 0.15) is 11.6 Å². The number of amides is 2. The summed E-state index contributed by atoms with van der Waals surface area (Å²) in [6.45, 7) is 6.97. The van der Waals surface area contributed by atoms with Gasteiger partial charge in [-0.25, -0.2) is 9.97 Å². The van der Waals surface area contributed by atoms with Gasteiger partial charge in [0.2, 0.25) is 11.8 Å². The van der Waals surface area contributed by atoms with E-state index >= 15 is 0 Å². The fourth-order valence-electron chi connectivity index (χ4n) is 4.42. The van der Waals surface area contributed by atoms with Crippen LogP contribution in [0.5, 0.6) is 5.75 Å². The van der Waals surface area contributed by atoms with Gasteiger partial charge in [-0.15, -0.1) is 0 Å². The standard InChI is InChI=1S/C24H30N4O3/c1-15(2)24(30)27-12-6-5-7-20(27)22-25-16(3)19-13-21(29)28(23(19)26-22)14-17-8-10-18(31-4)11-9-17/h8-11,15,20H,5-7,12-14H2,1-4H3. The molecule has 2 aliphatic rings. The third-order valence-electron chi connectivity index (χ3n) is 6.17. The lowest BCUT2D eigenvalue weighted by Crippen LogP contribution is -2.41. The van der Waals surface area contributed by atoms with Crippen molar-refractivity contribution in [2.24, 2.45) is 5.92 Å². The van der Waals surface area contributed by atoms with E-state index in [9.17, 15) is 9.59 Å². The SMILES string of the molecule is COc1ccc(CN2C(=O)Cc3c(C)nc(C4CCCCN4C(=O)C(C)C)nc32)cc1. The first kappa shape index (κ1) is 21.3. The average molecular weight is 423 g/mol. The summed E-state index contributed by atoms with van der Waals surface area (Å²) in [5.41, 5.74) is 2.72. The number of methoxy groups -OCH3 is 1. The van der Waals surface area contributed by atoms with Crippen molar-refractivity contribution in [2.45, 2.75) is 59.0 Å². The zero-order valence-corrected chi connectivity index (χ0v) is 18.7. The number of rotatable bonds is 5. The van der Waals surface area contributed by atoms with E-state index in [1.54, 1.807) is 12.0 Å². The monoisotopic (exact) mass is 422 g/mol. The zero-order valence-electron chi connectivity index (χ0n) is 18.7. The molecule has 1 atom stereocenters. The molecule has 1 aromatic heterocycles. The first-order chi connectivity index (χ1) is 14.9. The molecular formula is C24H30N4O3. The van der Waals surface area contributed by atoms with Crippen LogP contribution in [0.15, 0.2) is 24.3 Å². The second-order valence-corrected chi connectivity index (χ2v) is 8.67. The highest BCUT2D eigenvalue weighted by molar-refractivity contribution is 6.00. The van der Waals surface area contributed by atoms with Crippen molar-refractivity contribution in [3.63, 3.8) is 0 Å². The highest BCUT2D eigenvalue weighted by Crippen LogP contribution is 2.35. The number of piperidine rings is 1. The number of likely N-dealkylation sites (tertiary alicyclic amines) is 1. The van der Waals surface area contributed by atoms with Crippen molar-refractivity contribution < 1.29 is 14.3 Å². The minimum absolute atomic E-state index is 0.0270. The molecule has 0 bridgehead atoms. The Balaban J connectivity index is 1.66. The lowest BCUT2D eigenvalue weighted by molar-refractivity contribution is -0.138. The van der Waals surface area contributed by atoms with E-state index in [1.807, 2.05) is 49.9 Å². The predicted molar refractivity (Wildman–Crippen MR) is 118 cm³/mol. The predicted octanol–water partition coefficient (Wildman–Crippen LogP) is 3.59. The Morgan fingerprint density at radius 2 is 1.94 bits per heavy atom. The molecule has 164 valence electrons. The van der Waals surface area contributed by atoms with Crippen molar-refractivity contribution in [2.75, 3.05) is 18.6 Å². The minimum atomic E-state index is -0.133. The number of carbonyl (C=O) groups excluding carboxylic acids is 2. The van der Waals surface area contributed by atoms with E-state index < -0.39 is 0 Å². The maximum Gasteiger partial charge on any atom is 0.233 e. The molecule has 1 aromatic carbocycles. The quantitative estimate of drug-likeness (QED) is 0.736. The van der Waals surface area contributed by atoms with Gasteiger partial charge in [0.25, 0.3) is 0 Å². The summed E-state index contributed by atoms with van der Waals surface area (Å²) < 4.78 is 5.23. The second kappa shape index (κ2) is 8.65. The van der Waals surface area contributed by atoms with Crippen molar-refractivity contribution >= 4 is 17.6 Å². The smallest absolute Gasteiger partial charge is 0.233 e. The number of ether oxygens (including phenoxy) is 1. The van der Waals surface area contributed by atoms with Crippen LogP contribution in [0.3, 0.4) is 0 Å². The molecule has 1 unspecified atom stereocenters. The first-order valence-corrected chi connectivity index (χ1v) is 11.0. The van der Waals surface area contributed by atoms with Gasteiger partial charge >= 0.3 is 0 Å². The number of aryl methyl sites for hydroxylation is 1. The van der Waals surface area contributed by atoms with Crippen LogP contribution >= 0.6 is 0 Å². The molecule has 0 saturated carbocycles. The summed E-state index contributed by atoms with van der Waals surface area (Å²) in [4.78, 5) is 38.9. The van der Waals surface area contributed by atoms with Crippen LogP contribution in [-0.2, 0) is 22.6 Å². The molecule has 3 heterocycles. The molecule has 7 nitrogen and oxygen atoms in total. The number of aromatic nitrogens is 2. The van der Waals surface area contributed by atoms with Crippen LogP contribution < -0.4 is 9.64 Å². The van der Waals surface area contributed by atoms with E-state index in [4.69, 9.17) is 14.7 Å². The third-order valence-corrected chi connectivity index (χ3v) is 6.17. The molecular weight excluding hydrogens is 392 g/mol. The van der Waals surface area contributed by atoms with Gasteiger partial charge < -0.3 is 9.64 Å². The number of hydrogen-bond donors (Lipinski definition) is 0. The van der Waals surface area contributed by atoms with Gasteiger partial charge in [0, 0.05) is 23.7 Å². The van der Waals surface area contributed by atoms with Crippen LogP contribution in [0.1, 0.15) is 61.8 Å². The average Bonchev–Trinajstić information content (AvgIpc) is 3.09. The number of benzene rings is 1. The Hall–Kier alpha value is -2.96. The molecule has 1 fully saturated rings. The fraction of sp³-hybridized carbons (Fsp3) is 0.500. The van der Waals surface area contributed by atoms with Gasteiger partial charge in [-0.05, 0) is 43.9 Å². The molecule has 7 heteroatoms. The van der Waals surface area contributed by atoms with Crippen LogP contribution in [0.25, 0.3) is 0 Å². The molecule has 0 N–H and O–H groups in total. The fourth-order valence-corrected chi connectivity index (χ4v) is 4.42. The molecule has 0 spiro atoms. The van der Waals surface area contributed by atoms with E-state index in [0.29, 0.717) is 24.6 Å². The molecule has 0 aliphatic carbocycles. The van der Waals surface area contributed by atoms with Crippen LogP contribution in [0.4, 0.5) is 5.82 Å². The Morgan fingerprint density at radius 1 is 1.19 bits per heavy atom. The van der Waals surface area contributed by atoms with Crippen LogP contribution in [0, 0.1) is 12.8 Å². The Bertz CT molecular complexity index is 987. The van der Waals surface area contributed by atoms with E-state index in [1.165, 1.54) is 0 Å².